The number of likely N-dealkylation sites (tertiary alicyclic amines) is 1. The van der Waals surface area contributed by atoms with Crippen molar-refractivity contribution in [3.05, 3.63) is 0 Å². The quantitative estimate of drug-likeness (QED) is 0.585. The Morgan fingerprint density at radius 3 is 1.78 bits per heavy atom. The third-order valence-electron chi connectivity index (χ3n) is 5.67. The van der Waals surface area contributed by atoms with Crippen molar-refractivity contribution in [2.75, 3.05) is 6.54 Å². The minimum atomic E-state index is 0.349. The SMILES string of the molecule is C[C@@H]1N(C(C)(C)C)CCC12CCCCCCCC2. The lowest BCUT2D eigenvalue weighted by Gasteiger charge is -2.42. The highest BCUT2D eigenvalue weighted by molar-refractivity contribution is 5.00. The fraction of sp³-hybridized carbons (Fsp3) is 1.00. The van der Waals surface area contributed by atoms with Crippen LogP contribution in [-0.4, -0.2) is 23.0 Å². The zero-order valence-electron chi connectivity index (χ0n) is 13.1. The van der Waals surface area contributed by atoms with Gasteiger partial charge in [-0.25, -0.2) is 0 Å². The third-order valence-corrected chi connectivity index (χ3v) is 5.67. The highest BCUT2D eigenvalue weighted by atomic mass is 15.2. The summed E-state index contributed by atoms with van der Waals surface area (Å²) < 4.78 is 0. The molecule has 2 rings (SSSR count). The van der Waals surface area contributed by atoms with Gasteiger partial charge in [0.05, 0.1) is 0 Å². The van der Waals surface area contributed by atoms with Crippen molar-refractivity contribution in [3.8, 4) is 0 Å². The molecular weight excluding hydrogens is 218 g/mol. The first-order chi connectivity index (χ1) is 8.46. The molecule has 0 radical (unpaired) electrons. The van der Waals surface area contributed by atoms with Gasteiger partial charge in [-0.2, -0.15) is 0 Å². The largest absolute Gasteiger partial charge is 0.295 e. The first-order valence-electron chi connectivity index (χ1n) is 8.22. The Labute approximate surface area is 114 Å². The van der Waals surface area contributed by atoms with Crippen LogP contribution in [0.25, 0.3) is 0 Å². The van der Waals surface area contributed by atoms with Crippen LogP contribution in [0.1, 0.15) is 85.5 Å². The zero-order valence-corrected chi connectivity index (χ0v) is 13.1. The van der Waals surface area contributed by atoms with Crippen molar-refractivity contribution in [3.63, 3.8) is 0 Å². The van der Waals surface area contributed by atoms with Gasteiger partial charge in [0.2, 0.25) is 0 Å². The third kappa shape index (κ3) is 2.92. The molecule has 0 amide bonds. The number of hydrogen-bond acceptors (Lipinski definition) is 1. The van der Waals surface area contributed by atoms with Crippen molar-refractivity contribution in [1.82, 2.24) is 4.90 Å². The molecule has 1 saturated carbocycles. The van der Waals surface area contributed by atoms with Gasteiger partial charge in [0.1, 0.15) is 0 Å². The monoisotopic (exact) mass is 251 g/mol. The van der Waals surface area contributed by atoms with Crippen LogP contribution in [0, 0.1) is 5.41 Å². The van der Waals surface area contributed by atoms with E-state index in [1.54, 1.807) is 0 Å². The molecule has 0 aromatic rings. The fourth-order valence-corrected chi connectivity index (χ4v) is 4.45. The minimum Gasteiger partial charge on any atom is -0.295 e. The molecule has 1 spiro atoms. The molecule has 18 heavy (non-hydrogen) atoms. The highest BCUT2D eigenvalue weighted by Crippen LogP contribution is 2.48. The average Bonchev–Trinajstić information content (AvgIpc) is 2.66. The maximum Gasteiger partial charge on any atom is 0.0129 e. The van der Waals surface area contributed by atoms with Crippen LogP contribution in [0.15, 0.2) is 0 Å². The first kappa shape index (κ1) is 14.4. The smallest absolute Gasteiger partial charge is 0.0129 e. The van der Waals surface area contributed by atoms with E-state index in [4.69, 9.17) is 0 Å². The fourth-order valence-electron chi connectivity index (χ4n) is 4.45. The number of rotatable bonds is 0. The molecule has 1 aliphatic carbocycles. The maximum absolute atomic E-state index is 2.77. The Bertz CT molecular complexity index is 253. The van der Waals surface area contributed by atoms with Gasteiger partial charge in [-0.05, 0) is 58.9 Å². The highest BCUT2D eigenvalue weighted by Gasteiger charge is 2.46. The van der Waals surface area contributed by atoms with Crippen molar-refractivity contribution in [2.45, 2.75) is 97.1 Å². The van der Waals surface area contributed by atoms with Crippen molar-refractivity contribution >= 4 is 0 Å². The van der Waals surface area contributed by atoms with Gasteiger partial charge in [0, 0.05) is 11.6 Å². The van der Waals surface area contributed by atoms with E-state index in [1.165, 1.54) is 64.3 Å². The van der Waals surface area contributed by atoms with Gasteiger partial charge in [-0.15, -0.1) is 0 Å². The lowest BCUT2D eigenvalue weighted by molar-refractivity contribution is 0.0737. The molecule has 2 fully saturated rings. The van der Waals surface area contributed by atoms with Crippen molar-refractivity contribution in [1.29, 1.82) is 0 Å². The van der Waals surface area contributed by atoms with E-state index in [9.17, 15) is 0 Å². The van der Waals surface area contributed by atoms with Crippen LogP contribution >= 0.6 is 0 Å². The topological polar surface area (TPSA) is 3.24 Å². The molecule has 1 saturated heterocycles. The molecule has 1 atom stereocenters. The Morgan fingerprint density at radius 1 is 0.833 bits per heavy atom. The van der Waals surface area contributed by atoms with Gasteiger partial charge in [0.15, 0.2) is 0 Å². The second-order valence-corrected chi connectivity index (χ2v) is 7.77. The summed E-state index contributed by atoms with van der Waals surface area (Å²) in [5, 5.41) is 0. The molecule has 0 N–H and O–H groups in total. The van der Waals surface area contributed by atoms with E-state index in [-0.39, 0.29) is 0 Å². The summed E-state index contributed by atoms with van der Waals surface area (Å²) in [5.74, 6) is 0. The van der Waals surface area contributed by atoms with E-state index in [0.717, 1.165) is 6.04 Å². The molecule has 1 aliphatic heterocycles. The number of hydrogen-bond donors (Lipinski definition) is 0. The summed E-state index contributed by atoms with van der Waals surface area (Å²) in [6.07, 6.45) is 13.3. The van der Waals surface area contributed by atoms with Crippen LogP contribution < -0.4 is 0 Å². The minimum absolute atomic E-state index is 0.349. The predicted octanol–water partition coefficient (Wildman–Crippen LogP) is 5.00. The Hall–Kier alpha value is -0.0400. The van der Waals surface area contributed by atoms with E-state index in [2.05, 4.69) is 32.6 Å². The maximum atomic E-state index is 2.77. The lowest BCUT2D eigenvalue weighted by atomic mass is 9.73. The van der Waals surface area contributed by atoms with Gasteiger partial charge >= 0.3 is 0 Å². The van der Waals surface area contributed by atoms with Crippen LogP contribution in [0.4, 0.5) is 0 Å². The molecule has 0 aromatic heterocycles. The van der Waals surface area contributed by atoms with Gasteiger partial charge in [-0.1, -0.05) is 38.5 Å². The molecule has 1 heterocycles. The second-order valence-electron chi connectivity index (χ2n) is 7.77. The second kappa shape index (κ2) is 5.53. The van der Waals surface area contributed by atoms with Crippen LogP contribution in [0.3, 0.4) is 0 Å². The number of nitrogens with zero attached hydrogens (tertiary/aromatic N) is 1. The van der Waals surface area contributed by atoms with Crippen LogP contribution in [0.5, 0.6) is 0 Å². The molecule has 1 heteroatoms. The Morgan fingerprint density at radius 2 is 1.33 bits per heavy atom. The Kier molecular flexibility index (Phi) is 4.41. The normalized spacial score (nSPS) is 31.0. The van der Waals surface area contributed by atoms with E-state index < -0.39 is 0 Å². The van der Waals surface area contributed by atoms with Crippen molar-refractivity contribution in [2.24, 2.45) is 5.41 Å². The van der Waals surface area contributed by atoms with Gasteiger partial charge < -0.3 is 0 Å². The molecule has 106 valence electrons. The lowest BCUT2D eigenvalue weighted by Crippen LogP contribution is -2.47. The molecule has 0 unspecified atom stereocenters. The summed E-state index contributed by atoms with van der Waals surface area (Å²) >= 11 is 0. The summed E-state index contributed by atoms with van der Waals surface area (Å²) in [6.45, 7) is 11.0. The van der Waals surface area contributed by atoms with Gasteiger partial charge in [0.25, 0.3) is 0 Å². The summed E-state index contributed by atoms with van der Waals surface area (Å²) in [4.78, 5) is 2.77. The van der Waals surface area contributed by atoms with E-state index in [1.807, 2.05) is 0 Å². The van der Waals surface area contributed by atoms with Crippen molar-refractivity contribution < 1.29 is 0 Å². The summed E-state index contributed by atoms with van der Waals surface area (Å²) in [5.41, 5.74) is 0.999. The molecular formula is C17H33N. The van der Waals surface area contributed by atoms with E-state index >= 15 is 0 Å². The molecule has 1 nitrogen and oxygen atoms in total. The molecule has 0 bridgehead atoms. The predicted molar refractivity (Wildman–Crippen MR) is 79.9 cm³/mol. The first-order valence-corrected chi connectivity index (χ1v) is 8.22. The summed E-state index contributed by atoms with van der Waals surface area (Å²) in [6, 6.07) is 0.788. The average molecular weight is 251 g/mol. The summed E-state index contributed by atoms with van der Waals surface area (Å²) in [7, 11) is 0. The molecule has 2 aliphatic rings. The van der Waals surface area contributed by atoms with Gasteiger partial charge in [-0.3, -0.25) is 4.90 Å². The van der Waals surface area contributed by atoms with Crippen LogP contribution in [0.2, 0.25) is 0 Å². The molecule has 0 aromatic carbocycles. The van der Waals surface area contributed by atoms with Crippen LogP contribution in [-0.2, 0) is 0 Å². The zero-order chi connectivity index (χ0) is 13.2. The van der Waals surface area contributed by atoms with E-state index in [0.29, 0.717) is 11.0 Å². The standard InChI is InChI=1S/C17H33N/c1-15-17(13-14-18(15)16(2,3)4)11-9-7-5-6-8-10-12-17/h15H,5-14H2,1-4H3/t15-/m0/s1. The Balaban J connectivity index is 2.09.